The molecular weight excluding hydrogens is 350 g/mol. The van der Waals surface area contributed by atoms with Crippen LogP contribution in [0.25, 0.3) is 28.1 Å². The fraction of sp³-hybridized carbons (Fsp3) is 0.118. The van der Waals surface area contributed by atoms with E-state index in [4.69, 9.17) is 15.2 Å². The molecule has 0 fully saturated rings. The first kappa shape index (κ1) is 15.3. The molecule has 1 aliphatic rings. The minimum Gasteiger partial charge on any atom is -0.454 e. The van der Waals surface area contributed by atoms with Crippen molar-refractivity contribution < 1.29 is 14.3 Å². The first-order valence-electron chi connectivity index (χ1n) is 8.13. The van der Waals surface area contributed by atoms with E-state index in [1.54, 1.807) is 16.8 Å². The number of nitrogens with two attached hydrogens (primary N) is 1. The van der Waals surface area contributed by atoms with Gasteiger partial charge in [-0.05, 0) is 24.3 Å². The van der Waals surface area contributed by atoms with Crippen molar-refractivity contribution in [2.24, 2.45) is 5.73 Å². The summed E-state index contributed by atoms with van der Waals surface area (Å²) in [5.41, 5.74) is 8.10. The first-order valence-corrected chi connectivity index (χ1v) is 8.13. The van der Waals surface area contributed by atoms with Gasteiger partial charge in [-0.1, -0.05) is 6.07 Å². The van der Waals surface area contributed by atoms with Gasteiger partial charge in [-0.25, -0.2) is 9.67 Å². The lowest BCUT2D eigenvalue weighted by Gasteiger charge is -2.07. The number of ether oxygens (including phenoxy) is 2. The molecule has 27 heavy (non-hydrogen) atoms. The average molecular weight is 363 g/mol. The molecule has 1 aliphatic heterocycles. The van der Waals surface area contributed by atoms with Gasteiger partial charge in [-0.3, -0.25) is 4.79 Å². The number of nitrogens with zero attached hydrogens (tertiary/aromatic N) is 5. The van der Waals surface area contributed by atoms with E-state index in [2.05, 4.69) is 25.5 Å². The van der Waals surface area contributed by atoms with Crippen LogP contribution in [0.1, 0.15) is 5.82 Å². The van der Waals surface area contributed by atoms with Crippen LogP contribution in [-0.4, -0.2) is 42.9 Å². The van der Waals surface area contributed by atoms with Gasteiger partial charge < -0.3 is 15.2 Å². The van der Waals surface area contributed by atoms with Crippen molar-refractivity contribution in [3.63, 3.8) is 0 Å². The number of fused-ring (bicyclic) bond motifs is 2. The van der Waals surface area contributed by atoms with E-state index in [1.165, 1.54) is 0 Å². The number of benzene rings is 2. The van der Waals surface area contributed by atoms with Crippen LogP contribution in [0.2, 0.25) is 0 Å². The summed E-state index contributed by atoms with van der Waals surface area (Å²) in [5, 5.41) is 15.4. The maximum Gasteiger partial charge on any atom is 0.231 e. The number of carbonyl (C=O) groups excluding carboxylic acids is 1. The van der Waals surface area contributed by atoms with Crippen LogP contribution in [0.3, 0.4) is 0 Å². The first-order chi connectivity index (χ1) is 13.2. The number of nitrogens with one attached hydrogen (secondary N) is 1. The highest BCUT2D eigenvalue weighted by molar-refractivity contribution is 5.89. The Morgan fingerprint density at radius 3 is 2.96 bits per heavy atom. The second-order valence-electron chi connectivity index (χ2n) is 5.94. The van der Waals surface area contributed by atoms with Gasteiger partial charge in [0, 0.05) is 11.6 Å². The fourth-order valence-corrected chi connectivity index (χ4v) is 3.01. The topological polar surface area (TPSA) is 134 Å². The van der Waals surface area contributed by atoms with Crippen LogP contribution in [0.4, 0.5) is 0 Å². The SMILES string of the molecule is NC(=O)Cc1nc(-c2cccc3n[nH]nc23)n(-c2ccc3c(c2)OCO3)n1. The molecule has 1 amide bonds. The summed E-state index contributed by atoms with van der Waals surface area (Å²) in [7, 11) is 0. The van der Waals surface area contributed by atoms with Crippen molar-refractivity contribution >= 4 is 16.9 Å². The molecule has 134 valence electrons. The van der Waals surface area contributed by atoms with Crippen LogP contribution >= 0.6 is 0 Å². The van der Waals surface area contributed by atoms with E-state index in [9.17, 15) is 4.79 Å². The molecule has 0 bridgehead atoms. The second-order valence-corrected chi connectivity index (χ2v) is 5.94. The Labute approximate surface area is 151 Å². The van der Waals surface area contributed by atoms with E-state index < -0.39 is 5.91 Å². The molecule has 3 heterocycles. The number of hydrogen-bond acceptors (Lipinski definition) is 7. The normalized spacial score (nSPS) is 12.6. The molecule has 0 atom stereocenters. The van der Waals surface area contributed by atoms with Crippen molar-refractivity contribution in [2.45, 2.75) is 6.42 Å². The summed E-state index contributed by atoms with van der Waals surface area (Å²) in [6.07, 6.45) is -0.0701. The fourth-order valence-electron chi connectivity index (χ4n) is 3.01. The predicted molar refractivity (Wildman–Crippen MR) is 93.3 cm³/mol. The van der Waals surface area contributed by atoms with E-state index in [0.717, 1.165) is 5.56 Å². The van der Waals surface area contributed by atoms with Crippen LogP contribution in [0, 0.1) is 0 Å². The number of amides is 1. The largest absolute Gasteiger partial charge is 0.454 e. The number of H-pyrrole nitrogens is 1. The van der Waals surface area contributed by atoms with Crippen LogP contribution in [0.15, 0.2) is 36.4 Å². The lowest BCUT2D eigenvalue weighted by Crippen LogP contribution is -2.14. The predicted octanol–water partition coefficient (Wildman–Crippen LogP) is 0.962. The standard InChI is InChI=1S/C17H13N7O3/c18-14(25)7-15-19-17(10-2-1-3-11-16(10)21-23-20-11)24(22-15)9-4-5-12-13(6-9)27-8-26-12/h1-6H,7-8H2,(H2,18,25)(H,20,21,23). The number of aromatic amines is 1. The highest BCUT2D eigenvalue weighted by atomic mass is 16.7. The van der Waals surface area contributed by atoms with Gasteiger partial charge in [0.25, 0.3) is 0 Å². The Kier molecular flexibility index (Phi) is 3.29. The Hall–Kier alpha value is -3.95. The summed E-state index contributed by atoms with van der Waals surface area (Å²) in [4.78, 5) is 15.9. The molecule has 0 aliphatic carbocycles. The number of primary amides is 1. The number of aromatic nitrogens is 6. The minimum atomic E-state index is -0.510. The number of hydrogen-bond donors (Lipinski definition) is 2. The maximum absolute atomic E-state index is 11.4. The van der Waals surface area contributed by atoms with Crippen LogP contribution in [-0.2, 0) is 11.2 Å². The third kappa shape index (κ3) is 2.54. The third-order valence-electron chi connectivity index (χ3n) is 4.17. The zero-order chi connectivity index (χ0) is 18.4. The second kappa shape index (κ2) is 5.80. The zero-order valence-electron chi connectivity index (χ0n) is 13.9. The zero-order valence-corrected chi connectivity index (χ0v) is 13.9. The monoisotopic (exact) mass is 363 g/mol. The number of rotatable bonds is 4. The van der Waals surface area contributed by atoms with Crippen molar-refractivity contribution in [3.8, 4) is 28.6 Å². The minimum absolute atomic E-state index is 0.0701. The summed E-state index contributed by atoms with van der Waals surface area (Å²) in [5.74, 6) is 1.60. The Morgan fingerprint density at radius 1 is 1.19 bits per heavy atom. The number of carbonyl (C=O) groups is 1. The van der Waals surface area contributed by atoms with E-state index in [0.29, 0.717) is 39.9 Å². The van der Waals surface area contributed by atoms with Gasteiger partial charge >= 0.3 is 0 Å². The summed E-state index contributed by atoms with van der Waals surface area (Å²) in [6.45, 7) is 0.175. The van der Waals surface area contributed by atoms with Gasteiger partial charge in [0.05, 0.1) is 12.1 Å². The van der Waals surface area contributed by atoms with Crippen molar-refractivity contribution in [3.05, 3.63) is 42.2 Å². The molecule has 0 spiro atoms. The van der Waals surface area contributed by atoms with E-state index in [-0.39, 0.29) is 13.2 Å². The van der Waals surface area contributed by atoms with Gasteiger partial charge in [-0.15, -0.1) is 0 Å². The Bertz CT molecular complexity index is 1180. The quantitative estimate of drug-likeness (QED) is 0.551. The Morgan fingerprint density at radius 2 is 2.07 bits per heavy atom. The van der Waals surface area contributed by atoms with Crippen molar-refractivity contribution in [2.75, 3.05) is 6.79 Å². The molecule has 2 aromatic heterocycles. The molecule has 4 aromatic rings. The maximum atomic E-state index is 11.4. The highest BCUT2D eigenvalue weighted by Crippen LogP contribution is 2.35. The lowest BCUT2D eigenvalue weighted by molar-refractivity contribution is -0.117. The highest BCUT2D eigenvalue weighted by Gasteiger charge is 2.21. The van der Waals surface area contributed by atoms with Crippen LogP contribution in [0.5, 0.6) is 11.5 Å². The van der Waals surface area contributed by atoms with Gasteiger partial charge in [0.2, 0.25) is 12.7 Å². The molecule has 0 radical (unpaired) electrons. The summed E-state index contributed by atoms with van der Waals surface area (Å²) >= 11 is 0. The summed E-state index contributed by atoms with van der Waals surface area (Å²) in [6, 6.07) is 11.0. The molecule has 5 rings (SSSR count). The molecule has 0 saturated carbocycles. The average Bonchev–Trinajstić information content (AvgIpc) is 3.39. The Balaban J connectivity index is 1.71. The van der Waals surface area contributed by atoms with E-state index >= 15 is 0 Å². The van der Waals surface area contributed by atoms with E-state index in [1.807, 2.05) is 24.3 Å². The number of para-hydroxylation sites is 1. The third-order valence-corrected chi connectivity index (χ3v) is 4.17. The van der Waals surface area contributed by atoms with Gasteiger partial charge in [0.1, 0.15) is 11.0 Å². The lowest BCUT2D eigenvalue weighted by atomic mass is 10.1. The molecule has 2 aromatic carbocycles. The smallest absolute Gasteiger partial charge is 0.231 e. The van der Waals surface area contributed by atoms with Gasteiger partial charge in [-0.2, -0.15) is 20.5 Å². The van der Waals surface area contributed by atoms with Crippen molar-refractivity contribution in [1.29, 1.82) is 0 Å². The van der Waals surface area contributed by atoms with Gasteiger partial charge in [0.15, 0.2) is 23.1 Å². The molecule has 10 nitrogen and oxygen atoms in total. The molecule has 10 heteroatoms. The summed E-state index contributed by atoms with van der Waals surface area (Å²) < 4.78 is 12.4. The van der Waals surface area contributed by atoms with Crippen molar-refractivity contribution in [1.82, 2.24) is 30.2 Å². The molecule has 0 unspecified atom stereocenters. The molecular formula is C17H13N7O3. The van der Waals surface area contributed by atoms with Crippen LogP contribution < -0.4 is 15.2 Å². The molecule has 0 saturated heterocycles. The molecule has 3 N–H and O–H groups in total.